The first-order valence-electron chi connectivity index (χ1n) is 12.9. The van der Waals surface area contributed by atoms with Crippen LogP contribution in [0.4, 0.5) is 4.79 Å². The van der Waals surface area contributed by atoms with Gasteiger partial charge in [-0.2, -0.15) is 0 Å². The molecular formula is C30H34BrNO6. The molecule has 0 aliphatic carbocycles. The average Bonchev–Trinajstić information content (AvgIpc) is 2.94. The Kier molecular flexibility index (Phi) is 11.0. The zero-order valence-electron chi connectivity index (χ0n) is 21.3. The number of rotatable bonds is 13. The highest BCUT2D eigenvalue weighted by Crippen LogP contribution is 2.32. The summed E-state index contributed by atoms with van der Waals surface area (Å²) in [6, 6.07) is 26.4. The summed E-state index contributed by atoms with van der Waals surface area (Å²) in [7, 11) is 0. The second kappa shape index (κ2) is 14.9. The van der Waals surface area contributed by atoms with E-state index in [2.05, 4.69) is 52.3 Å². The molecule has 4 rings (SSSR count). The fourth-order valence-electron chi connectivity index (χ4n) is 4.58. The van der Waals surface area contributed by atoms with Gasteiger partial charge in [0.1, 0.15) is 5.75 Å². The minimum Gasteiger partial charge on any atom is -0.494 e. The van der Waals surface area contributed by atoms with E-state index in [4.69, 9.17) is 24.2 Å². The van der Waals surface area contributed by atoms with Crippen LogP contribution >= 0.6 is 15.9 Å². The lowest BCUT2D eigenvalue weighted by molar-refractivity contribution is -0.166. The van der Waals surface area contributed by atoms with Crippen molar-refractivity contribution in [2.24, 2.45) is 0 Å². The number of hydrogen-bond donors (Lipinski definition) is 1. The molecule has 0 aromatic heterocycles. The maximum atomic E-state index is 11.1. The molecule has 1 heterocycles. The van der Waals surface area contributed by atoms with Crippen molar-refractivity contribution in [3.8, 4) is 5.75 Å². The number of hydrogen-bond acceptors (Lipinski definition) is 6. The molecule has 1 aliphatic heterocycles. The molecule has 3 aromatic carbocycles. The molecule has 8 heteroatoms. The van der Waals surface area contributed by atoms with Crippen LogP contribution in [0.15, 0.2) is 78.9 Å². The highest BCUT2D eigenvalue weighted by Gasteiger charge is 2.33. The van der Waals surface area contributed by atoms with Crippen molar-refractivity contribution in [1.82, 2.24) is 5.06 Å². The van der Waals surface area contributed by atoms with E-state index in [0.717, 1.165) is 35.0 Å². The zero-order chi connectivity index (χ0) is 26.6. The summed E-state index contributed by atoms with van der Waals surface area (Å²) in [6.07, 6.45) is -0.00169. The highest BCUT2D eigenvalue weighted by molar-refractivity contribution is 9.08. The lowest BCUT2D eigenvalue weighted by Gasteiger charge is -2.37. The summed E-state index contributed by atoms with van der Waals surface area (Å²) in [4.78, 5) is 16.1. The highest BCUT2D eigenvalue weighted by atomic mass is 79.9. The van der Waals surface area contributed by atoms with Gasteiger partial charge in [-0.15, -0.1) is 5.06 Å². The summed E-state index contributed by atoms with van der Waals surface area (Å²) in [5.41, 5.74) is 4.58. The van der Waals surface area contributed by atoms with Crippen molar-refractivity contribution in [2.75, 3.05) is 26.3 Å². The Labute approximate surface area is 232 Å². The van der Waals surface area contributed by atoms with Gasteiger partial charge in [0.2, 0.25) is 0 Å². The van der Waals surface area contributed by atoms with Gasteiger partial charge in [-0.25, -0.2) is 4.79 Å². The molecule has 0 saturated carbocycles. The molecule has 0 amide bonds. The third-order valence-corrected chi connectivity index (χ3v) is 7.17. The third kappa shape index (κ3) is 8.56. The topological polar surface area (TPSA) is 77.5 Å². The second-order valence-electron chi connectivity index (χ2n) is 9.20. The molecule has 2 unspecified atom stereocenters. The van der Waals surface area contributed by atoms with Crippen LogP contribution in [0.5, 0.6) is 5.75 Å². The van der Waals surface area contributed by atoms with Crippen LogP contribution in [0.2, 0.25) is 0 Å². The summed E-state index contributed by atoms with van der Waals surface area (Å²) < 4.78 is 18.0. The van der Waals surface area contributed by atoms with E-state index in [-0.39, 0.29) is 12.0 Å². The standard InChI is InChI=1S/C30H34BrNO6/c31-19-25-9-4-5-10-26(25)22-37-29-20-32(38-30(33)34)16-15-28(29)24-11-13-27(14-12-24)36-18-6-17-35-21-23-7-2-1-3-8-23/h1-5,7-14,28-29H,6,15-22H2,(H,33,34). The van der Waals surface area contributed by atoms with Crippen LogP contribution in [0.25, 0.3) is 0 Å². The second-order valence-corrected chi connectivity index (χ2v) is 9.76. The van der Waals surface area contributed by atoms with E-state index >= 15 is 0 Å². The molecule has 0 bridgehead atoms. The van der Waals surface area contributed by atoms with Gasteiger partial charge in [-0.05, 0) is 40.8 Å². The van der Waals surface area contributed by atoms with Gasteiger partial charge in [0.25, 0.3) is 0 Å². The van der Waals surface area contributed by atoms with Crippen molar-refractivity contribution in [3.05, 3.63) is 101 Å². The summed E-state index contributed by atoms with van der Waals surface area (Å²) in [6.45, 7) is 3.15. The normalized spacial score (nSPS) is 17.7. The van der Waals surface area contributed by atoms with Crippen LogP contribution in [-0.2, 0) is 32.9 Å². The molecule has 7 nitrogen and oxygen atoms in total. The van der Waals surface area contributed by atoms with Gasteiger partial charge in [0.05, 0.1) is 39.1 Å². The largest absolute Gasteiger partial charge is 0.525 e. The SMILES string of the molecule is O=C(O)ON1CCC(c2ccc(OCCCOCc3ccccc3)cc2)C(OCc2ccccc2CBr)C1. The van der Waals surface area contributed by atoms with Crippen molar-refractivity contribution in [3.63, 3.8) is 0 Å². The summed E-state index contributed by atoms with van der Waals surface area (Å²) in [5, 5.41) is 11.3. The van der Waals surface area contributed by atoms with Crippen LogP contribution < -0.4 is 4.74 Å². The van der Waals surface area contributed by atoms with Crippen molar-refractivity contribution in [2.45, 2.75) is 43.4 Å². The minimum atomic E-state index is -1.31. The van der Waals surface area contributed by atoms with E-state index in [9.17, 15) is 4.79 Å². The Bertz CT molecular complexity index is 1130. The van der Waals surface area contributed by atoms with Crippen molar-refractivity contribution < 1.29 is 28.9 Å². The fraction of sp³-hybridized carbons (Fsp3) is 0.367. The number of carboxylic acid groups (broad SMARTS) is 1. The fourth-order valence-corrected chi connectivity index (χ4v) is 5.13. The monoisotopic (exact) mass is 583 g/mol. The first-order valence-corrected chi connectivity index (χ1v) is 14.0. The molecule has 1 N–H and O–H groups in total. The molecule has 38 heavy (non-hydrogen) atoms. The van der Waals surface area contributed by atoms with Crippen LogP contribution in [0.1, 0.15) is 41.0 Å². The Balaban J connectivity index is 1.30. The number of benzene rings is 3. The summed E-state index contributed by atoms with van der Waals surface area (Å²) >= 11 is 3.54. The summed E-state index contributed by atoms with van der Waals surface area (Å²) in [5.74, 6) is 0.924. The first kappa shape index (κ1) is 28.1. The molecule has 3 aromatic rings. The van der Waals surface area contributed by atoms with E-state index in [1.807, 2.05) is 42.5 Å². The molecule has 1 aliphatic rings. The van der Waals surface area contributed by atoms with Gasteiger partial charge in [0.15, 0.2) is 0 Å². The molecule has 2 atom stereocenters. The Morgan fingerprint density at radius 1 is 0.921 bits per heavy atom. The predicted molar refractivity (Wildman–Crippen MR) is 148 cm³/mol. The van der Waals surface area contributed by atoms with E-state index in [1.165, 1.54) is 16.2 Å². The minimum absolute atomic E-state index is 0.111. The molecule has 1 saturated heterocycles. The number of alkyl halides is 1. The third-order valence-electron chi connectivity index (χ3n) is 6.57. The van der Waals surface area contributed by atoms with Crippen LogP contribution in [0, 0.1) is 0 Å². The predicted octanol–water partition coefficient (Wildman–Crippen LogP) is 6.55. The molecule has 0 radical (unpaired) electrons. The number of nitrogens with zero attached hydrogens (tertiary/aromatic N) is 1. The maximum absolute atomic E-state index is 11.1. The molecule has 202 valence electrons. The van der Waals surface area contributed by atoms with E-state index in [1.54, 1.807) is 0 Å². The van der Waals surface area contributed by atoms with Crippen molar-refractivity contribution in [1.29, 1.82) is 0 Å². The van der Waals surface area contributed by atoms with E-state index < -0.39 is 6.16 Å². The van der Waals surface area contributed by atoms with Gasteiger partial charge in [0, 0.05) is 24.2 Å². The Hall–Kier alpha value is -2.91. The number of hydroxylamine groups is 2. The van der Waals surface area contributed by atoms with Gasteiger partial charge in [-0.3, -0.25) is 0 Å². The zero-order valence-corrected chi connectivity index (χ0v) is 22.9. The van der Waals surface area contributed by atoms with Crippen LogP contribution in [0.3, 0.4) is 0 Å². The number of carbonyl (C=O) groups is 1. The smallest absolute Gasteiger partial charge is 0.494 e. The molecule has 1 fully saturated rings. The average molecular weight is 585 g/mol. The molecule has 0 spiro atoms. The van der Waals surface area contributed by atoms with Crippen molar-refractivity contribution >= 4 is 22.1 Å². The Morgan fingerprint density at radius 3 is 2.39 bits per heavy atom. The number of ether oxygens (including phenoxy) is 3. The quantitative estimate of drug-likeness (QED) is 0.180. The number of halogens is 1. The first-order chi connectivity index (χ1) is 18.6. The maximum Gasteiger partial charge on any atom is 0.525 e. The lowest BCUT2D eigenvalue weighted by Crippen LogP contribution is -2.44. The van der Waals surface area contributed by atoms with Crippen LogP contribution in [-0.4, -0.2) is 48.7 Å². The van der Waals surface area contributed by atoms with Gasteiger partial charge >= 0.3 is 6.16 Å². The molecular weight excluding hydrogens is 550 g/mol. The van der Waals surface area contributed by atoms with Gasteiger partial charge < -0.3 is 24.2 Å². The van der Waals surface area contributed by atoms with E-state index in [0.29, 0.717) is 39.5 Å². The lowest BCUT2D eigenvalue weighted by atomic mass is 9.87. The Morgan fingerprint density at radius 2 is 1.66 bits per heavy atom. The number of piperidine rings is 1. The van der Waals surface area contributed by atoms with Gasteiger partial charge in [-0.1, -0.05) is 82.7 Å².